The van der Waals surface area contributed by atoms with E-state index in [0.29, 0.717) is 5.69 Å². The number of hydrogen-bond acceptors (Lipinski definition) is 2. The van der Waals surface area contributed by atoms with Crippen molar-refractivity contribution in [1.29, 1.82) is 5.26 Å². The Labute approximate surface area is 96.1 Å². The molecule has 0 bridgehead atoms. The highest BCUT2D eigenvalue weighted by molar-refractivity contribution is 5.48. The second kappa shape index (κ2) is 5.50. The third-order valence-corrected chi connectivity index (χ3v) is 2.72. The van der Waals surface area contributed by atoms with E-state index in [-0.39, 0.29) is 17.8 Å². The maximum absolute atomic E-state index is 13.1. The van der Waals surface area contributed by atoms with E-state index in [4.69, 9.17) is 5.26 Å². The number of hydrogen-bond donors (Lipinski definition) is 1. The number of benzene rings is 1. The van der Waals surface area contributed by atoms with E-state index >= 15 is 0 Å². The molecular weight excluding hydrogens is 203 g/mol. The molecule has 2 unspecified atom stereocenters. The first-order valence-corrected chi connectivity index (χ1v) is 5.50. The van der Waals surface area contributed by atoms with Gasteiger partial charge >= 0.3 is 0 Å². The molecule has 0 aliphatic heterocycles. The Balaban J connectivity index is 2.82. The molecule has 0 saturated carbocycles. The Hall–Kier alpha value is -1.56. The van der Waals surface area contributed by atoms with Gasteiger partial charge < -0.3 is 5.32 Å². The lowest BCUT2D eigenvalue weighted by atomic mass is 10.00. The van der Waals surface area contributed by atoms with Gasteiger partial charge in [-0.05, 0) is 36.6 Å². The molecule has 86 valence electrons. The normalized spacial score (nSPS) is 13.9. The van der Waals surface area contributed by atoms with Crippen LogP contribution in [-0.4, -0.2) is 6.04 Å². The average molecular weight is 220 g/mol. The van der Waals surface area contributed by atoms with Gasteiger partial charge in [-0.15, -0.1) is 0 Å². The fourth-order valence-electron chi connectivity index (χ4n) is 1.54. The highest BCUT2D eigenvalue weighted by Crippen LogP contribution is 2.17. The van der Waals surface area contributed by atoms with Gasteiger partial charge in [0.05, 0.1) is 6.07 Å². The van der Waals surface area contributed by atoms with E-state index in [0.717, 1.165) is 12.0 Å². The Morgan fingerprint density at radius 2 is 2.12 bits per heavy atom. The van der Waals surface area contributed by atoms with E-state index in [1.807, 2.05) is 26.8 Å². The van der Waals surface area contributed by atoms with Crippen LogP contribution in [0.4, 0.5) is 10.1 Å². The molecule has 3 heteroatoms. The highest BCUT2D eigenvalue weighted by Gasteiger charge is 2.14. The van der Waals surface area contributed by atoms with Gasteiger partial charge in [0.1, 0.15) is 11.9 Å². The summed E-state index contributed by atoms with van der Waals surface area (Å²) in [5.74, 6) is -0.0306. The van der Waals surface area contributed by atoms with Crippen LogP contribution in [0.5, 0.6) is 0 Å². The molecule has 0 spiro atoms. The van der Waals surface area contributed by atoms with E-state index in [9.17, 15) is 4.39 Å². The Morgan fingerprint density at radius 3 is 2.62 bits per heavy atom. The largest absolute Gasteiger partial charge is 0.370 e. The third-order valence-electron chi connectivity index (χ3n) is 2.72. The zero-order valence-corrected chi connectivity index (χ0v) is 9.92. The molecule has 0 aromatic heterocycles. The van der Waals surface area contributed by atoms with Gasteiger partial charge in [0.25, 0.3) is 0 Å². The number of aryl methyl sites for hydroxylation is 1. The predicted molar refractivity (Wildman–Crippen MR) is 63.6 cm³/mol. The summed E-state index contributed by atoms with van der Waals surface area (Å²) >= 11 is 0. The van der Waals surface area contributed by atoms with Crippen LogP contribution in [0.25, 0.3) is 0 Å². The Bertz CT molecular complexity index is 375. The second-order valence-electron chi connectivity index (χ2n) is 4.15. The monoisotopic (exact) mass is 220 g/mol. The zero-order valence-electron chi connectivity index (χ0n) is 9.92. The summed E-state index contributed by atoms with van der Waals surface area (Å²) in [5.41, 5.74) is 1.52. The molecule has 1 rings (SSSR count). The van der Waals surface area contributed by atoms with Crippen molar-refractivity contribution < 1.29 is 4.39 Å². The van der Waals surface area contributed by atoms with E-state index in [2.05, 4.69) is 11.4 Å². The van der Waals surface area contributed by atoms with Gasteiger partial charge in [-0.25, -0.2) is 4.39 Å². The summed E-state index contributed by atoms with van der Waals surface area (Å²) in [6.07, 6.45) is 0.916. The maximum Gasteiger partial charge on any atom is 0.125 e. The van der Waals surface area contributed by atoms with Crippen molar-refractivity contribution in [1.82, 2.24) is 0 Å². The van der Waals surface area contributed by atoms with Crippen molar-refractivity contribution in [3.8, 4) is 6.07 Å². The molecule has 16 heavy (non-hydrogen) atoms. The Morgan fingerprint density at radius 1 is 1.44 bits per heavy atom. The molecule has 2 atom stereocenters. The second-order valence-corrected chi connectivity index (χ2v) is 4.15. The first kappa shape index (κ1) is 12.5. The summed E-state index contributed by atoms with van der Waals surface area (Å²) in [6, 6.07) is 6.66. The van der Waals surface area contributed by atoms with Crippen molar-refractivity contribution in [2.75, 3.05) is 5.32 Å². The molecule has 0 fully saturated rings. The molecule has 1 aromatic rings. The number of nitrogens with one attached hydrogen (secondary N) is 1. The molecule has 1 N–H and O–H groups in total. The lowest BCUT2D eigenvalue weighted by Crippen LogP contribution is -2.25. The molecule has 0 heterocycles. The fraction of sp³-hybridized carbons (Fsp3) is 0.462. The number of rotatable bonds is 4. The van der Waals surface area contributed by atoms with Crippen LogP contribution in [-0.2, 0) is 0 Å². The first-order chi connectivity index (χ1) is 7.56. The summed E-state index contributed by atoms with van der Waals surface area (Å²) in [5, 5.41) is 12.1. The number of nitriles is 1. The summed E-state index contributed by atoms with van der Waals surface area (Å²) in [7, 11) is 0. The van der Waals surface area contributed by atoms with Crippen molar-refractivity contribution in [2.45, 2.75) is 33.2 Å². The third kappa shape index (κ3) is 3.23. The minimum absolute atomic E-state index is 0.244. The number of halogens is 1. The standard InChI is InChI=1S/C13H17FN2/c1-4-10(3)13(8-15)16-12-6-9(2)5-11(14)7-12/h5-7,10,13,16H,4H2,1-3H3. The molecule has 0 saturated heterocycles. The van der Waals surface area contributed by atoms with Crippen LogP contribution in [0.3, 0.4) is 0 Å². The van der Waals surface area contributed by atoms with Crippen molar-refractivity contribution in [3.63, 3.8) is 0 Å². The molecule has 0 radical (unpaired) electrons. The SMILES string of the molecule is CCC(C)C(C#N)Nc1cc(C)cc(F)c1. The fourth-order valence-corrected chi connectivity index (χ4v) is 1.54. The van der Waals surface area contributed by atoms with Crippen molar-refractivity contribution >= 4 is 5.69 Å². The van der Waals surface area contributed by atoms with Crippen LogP contribution >= 0.6 is 0 Å². The van der Waals surface area contributed by atoms with Crippen molar-refractivity contribution in [3.05, 3.63) is 29.6 Å². The molecule has 1 aromatic carbocycles. The zero-order chi connectivity index (χ0) is 12.1. The average Bonchev–Trinajstić information content (AvgIpc) is 2.23. The lowest BCUT2D eigenvalue weighted by molar-refractivity contribution is 0.532. The van der Waals surface area contributed by atoms with Gasteiger partial charge in [-0.1, -0.05) is 20.3 Å². The van der Waals surface area contributed by atoms with Gasteiger partial charge in [-0.2, -0.15) is 5.26 Å². The maximum atomic E-state index is 13.1. The summed E-state index contributed by atoms with van der Waals surface area (Å²) in [4.78, 5) is 0. The molecular formula is C13H17FN2. The lowest BCUT2D eigenvalue weighted by Gasteiger charge is -2.18. The smallest absolute Gasteiger partial charge is 0.125 e. The van der Waals surface area contributed by atoms with Gasteiger partial charge in [0.15, 0.2) is 0 Å². The minimum atomic E-state index is -0.275. The van der Waals surface area contributed by atoms with Crippen LogP contribution in [0.1, 0.15) is 25.8 Å². The van der Waals surface area contributed by atoms with Gasteiger partial charge in [0, 0.05) is 5.69 Å². The van der Waals surface area contributed by atoms with Crippen LogP contribution < -0.4 is 5.32 Å². The van der Waals surface area contributed by atoms with Gasteiger partial charge in [0.2, 0.25) is 0 Å². The van der Waals surface area contributed by atoms with Crippen LogP contribution in [0.2, 0.25) is 0 Å². The summed E-state index contributed by atoms with van der Waals surface area (Å²) < 4.78 is 13.1. The Kier molecular flexibility index (Phi) is 4.30. The minimum Gasteiger partial charge on any atom is -0.370 e. The van der Waals surface area contributed by atoms with Crippen LogP contribution in [0.15, 0.2) is 18.2 Å². The first-order valence-electron chi connectivity index (χ1n) is 5.50. The molecule has 0 aliphatic carbocycles. The molecule has 0 aliphatic rings. The van der Waals surface area contributed by atoms with E-state index in [1.54, 1.807) is 0 Å². The topological polar surface area (TPSA) is 35.8 Å². The summed E-state index contributed by atoms with van der Waals surface area (Å²) in [6.45, 7) is 5.87. The molecule has 2 nitrogen and oxygen atoms in total. The van der Waals surface area contributed by atoms with Crippen LogP contribution in [0, 0.1) is 30.0 Å². The predicted octanol–water partition coefficient (Wildman–Crippen LogP) is 3.48. The van der Waals surface area contributed by atoms with E-state index in [1.165, 1.54) is 12.1 Å². The highest BCUT2D eigenvalue weighted by atomic mass is 19.1. The van der Waals surface area contributed by atoms with Gasteiger partial charge in [-0.3, -0.25) is 0 Å². The quantitative estimate of drug-likeness (QED) is 0.843. The number of anilines is 1. The molecule has 0 amide bonds. The van der Waals surface area contributed by atoms with E-state index < -0.39 is 0 Å². The van der Waals surface area contributed by atoms with Crippen molar-refractivity contribution in [2.24, 2.45) is 5.92 Å². The number of nitrogens with zero attached hydrogens (tertiary/aromatic N) is 1.